The van der Waals surface area contributed by atoms with Crippen molar-refractivity contribution in [3.8, 4) is 11.3 Å². The predicted octanol–water partition coefficient (Wildman–Crippen LogP) is 4.78. The molecule has 1 aromatic carbocycles. The molecule has 0 atom stereocenters. The van der Waals surface area contributed by atoms with Gasteiger partial charge in [-0.15, -0.1) is 11.3 Å². The zero-order chi connectivity index (χ0) is 22.7. The first-order valence-electron chi connectivity index (χ1n) is 9.42. The zero-order valence-electron chi connectivity index (χ0n) is 17.1. The summed E-state index contributed by atoms with van der Waals surface area (Å²) >= 11 is 2.67. The molecule has 4 rings (SSSR count). The van der Waals surface area contributed by atoms with Crippen LogP contribution in [-0.2, 0) is 17.6 Å². The number of hydrogen-bond donors (Lipinski definition) is 2. The Kier molecular flexibility index (Phi) is 6.37. The van der Waals surface area contributed by atoms with E-state index in [0.717, 1.165) is 5.16 Å². The number of anilines is 2. The first-order chi connectivity index (χ1) is 15.4. The first kappa shape index (κ1) is 21.8. The van der Waals surface area contributed by atoms with Crippen molar-refractivity contribution in [3.63, 3.8) is 0 Å². The number of amides is 2. The van der Waals surface area contributed by atoms with Crippen LogP contribution in [0.2, 0.25) is 0 Å². The third kappa shape index (κ3) is 5.06. The highest BCUT2D eigenvalue weighted by Crippen LogP contribution is 2.29. The molecule has 0 aliphatic carbocycles. The average molecular weight is 472 g/mol. The molecule has 0 aliphatic heterocycles. The van der Waals surface area contributed by atoms with Crippen LogP contribution >= 0.6 is 23.1 Å². The average Bonchev–Trinajstić information content (AvgIpc) is 3.47. The van der Waals surface area contributed by atoms with Gasteiger partial charge in [0.05, 0.1) is 11.4 Å². The van der Waals surface area contributed by atoms with Crippen LogP contribution in [0, 0.1) is 5.82 Å². The van der Waals surface area contributed by atoms with E-state index in [2.05, 4.69) is 20.6 Å². The highest BCUT2D eigenvalue weighted by molar-refractivity contribution is 7.98. The molecular weight excluding hydrogens is 453 g/mol. The Bertz CT molecular complexity index is 1280. The van der Waals surface area contributed by atoms with Crippen molar-refractivity contribution in [2.75, 3.05) is 10.6 Å². The second kappa shape index (κ2) is 9.37. The molecule has 0 saturated carbocycles. The second-order valence-corrected chi connectivity index (χ2v) is 8.54. The predicted molar refractivity (Wildman–Crippen MR) is 121 cm³/mol. The van der Waals surface area contributed by atoms with Crippen LogP contribution in [0.4, 0.5) is 15.2 Å². The van der Waals surface area contributed by atoms with Gasteiger partial charge in [0, 0.05) is 43.0 Å². The summed E-state index contributed by atoms with van der Waals surface area (Å²) in [5.41, 5.74) is 1.00. The van der Waals surface area contributed by atoms with Crippen LogP contribution in [0.15, 0.2) is 57.7 Å². The first-order valence-corrected chi connectivity index (χ1v) is 11.3. The van der Waals surface area contributed by atoms with Crippen molar-refractivity contribution < 1.29 is 18.4 Å². The molecule has 0 bridgehead atoms. The number of aryl methyl sites for hydroxylation is 1. The van der Waals surface area contributed by atoms with Gasteiger partial charge in [0.2, 0.25) is 5.91 Å². The van der Waals surface area contributed by atoms with E-state index in [4.69, 9.17) is 4.42 Å². The molecule has 0 fully saturated rings. The minimum Gasteiger partial charge on any atom is -0.455 e. The Labute approximate surface area is 190 Å². The minimum atomic E-state index is -0.527. The lowest BCUT2D eigenvalue weighted by Crippen LogP contribution is -2.10. The Balaban J connectivity index is 1.39. The van der Waals surface area contributed by atoms with Crippen LogP contribution in [0.25, 0.3) is 11.3 Å². The molecule has 32 heavy (non-hydrogen) atoms. The lowest BCUT2D eigenvalue weighted by molar-refractivity contribution is -0.114. The fraction of sp³-hybridized carbons (Fsp3) is 0.143. The van der Waals surface area contributed by atoms with Crippen molar-refractivity contribution in [2.24, 2.45) is 7.05 Å². The van der Waals surface area contributed by atoms with Gasteiger partial charge in [-0.3, -0.25) is 14.9 Å². The third-order valence-corrected chi connectivity index (χ3v) is 6.13. The number of furan rings is 1. The molecule has 2 N–H and O–H groups in total. The highest BCUT2D eigenvalue weighted by Gasteiger charge is 2.16. The number of thiazole rings is 1. The summed E-state index contributed by atoms with van der Waals surface area (Å²) in [7, 11) is 1.90. The molecule has 164 valence electrons. The van der Waals surface area contributed by atoms with Gasteiger partial charge in [-0.05, 0) is 30.3 Å². The van der Waals surface area contributed by atoms with Gasteiger partial charge in [-0.2, -0.15) is 0 Å². The molecule has 2 amide bonds. The number of halogens is 1. The number of thioether (sulfide) groups is 1. The number of benzene rings is 1. The van der Waals surface area contributed by atoms with Gasteiger partial charge in [0.15, 0.2) is 16.0 Å². The van der Waals surface area contributed by atoms with Gasteiger partial charge in [0.25, 0.3) is 5.91 Å². The topological polar surface area (TPSA) is 102 Å². The summed E-state index contributed by atoms with van der Waals surface area (Å²) in [5.74, 6) is 0.0770. The number of hydrogen-bond acceptors (Lipinski definition) is 7. The Morgan fingerprint density at radius 3 is 2.81 bits per heavy atom. The van der Waals surface area contributed by atoms with E-state index >= 15 is 0 Å². The van der Waals surface area contributed by atoms with Crippen LogP contribution in [0.1, 0.15) is 23.2 Å². The number of aromatic nitrogens is 3. The number of nitrogens with zero attached hydrogens (tertiary/aromatic N) is 3. The van der Waals surface area contributed by atoms with E-state index in [1.807, 2.05) is 17.8 Å². The van der Waals surface area contributed by atoms with E-state index < -0.39 is 11.7 Å². The Morgan fingerprint density at radius 1 is 1.25 bits per heavy atom. The summed E-state index contributed by atoms with van der Waals surface area (Å²) in [6.45, 7) is 1.35. The van der Waals surface area contributed by atoms with Crippen molar-refractivity contribution in [1.82, 2.24) is 14.5 Å². The smallest absolute Gasteiger partial charge is 0.293 e. The molecule has 0 spiro atoms. The van der Waals surface area contributed by atoms with Crippen LogP contribution < -0.4 is 10.6 Å². The Morgan fingerprint density at radius 2 is 2.09 bits per heavy atom. The van der Waals surface area contributed by atoms with Gasteiger partial charge < -0.3 is 14.3 Å². The van der Waals surface area contributed by atoms with E-state index in [9.17, 15) is 14.0 Å². The Hall–Kier alpha value is -3.44. The number of carbonyl (C=O) groups is 2. The molecular formula is C21H18FN5O3S2. The zero-order valence-corrected chi connectivity index (χ0v) is 18.7. The molecule has 3 aromatic heterocycles. The molecule has 0 saturated heterocycles. The lowest BCUT2D eigenvalue weighted by Gasteiger charge is -2.05. The normalized spacial score (nSPS) is 10.8. The maximum atomic E-state index is 14.4. The molecule has 0 aliphatic rings. The van der Waals surface area contributed by atoms with Crippen molar-refractivity contribution in [2.45, 2.75) is 17.8 Å². The number of carbonyl (C=O) groups excluding carboxylic acids is 2. The molecule has 11 heteroatoms. The highest BCUT2D eigenvalue weighted by atomic mass is 32.2. The second-order valence-electron chi connectivity index (χ2n) is 6.74. The van der Waals surface area contributed by atoms with E-state index in [0.29, 0.717) is 28.0 Å². The number of imidazole rings is 1. The summed E-state index contributed by atoms with van der Waals surface area (Å²) in [5, 5.41) is 8.00. The van der Waals surface area contributed by atoms with Gasteiger partial charge >= 0.3 is 0 Å². The lowest BCUT2D eigenvalue weighted by atomic mass is 10.1. The number of rotatable bonds is 7. The van der Waals surface area contributed by atoms with Gasteiger partial charge in [-0.25, -0.2) is 14.4 Å². The fourth-order valence-electron chi connectivity index (χ4n) is 2.82. The molecule has 0 unspecified atom stereocenters. The van der Waals surface area contributed by atoms with Crippen LogP contribution in [0.3, 0.4) is 0 Å². The summed E-state index contributed by atoms with van der Waals surface area (Å²) in [4.78, 5) is 32.1. The van der Waals surface area contributed by atoms with Crippen molar-refractivity contribution >= 4 is 45.7 Å². The maximum absolute atomic E-state index is 14.4. The van der Waals surface area contributed by atoms with Crippen LogP contribution in [-0.4, -0.2) is 26.3 Å². The summed E-state index contributed by atoms with van der Waals surface area (Å²) in [6, 6.07) is 7.68. The molecule has 4 aromatic rings. The quantitative estimate of drug-likeness (QED) is 0.376. The third-order valence-electron chi connectivity index (χ3n) is 4.30. The molecule has 8 nitrogen and oxygen atoms in total. The van der Waals surface area contributed by atoms with Gasteiger partial charge in [-0.1, -0.05) is 11.8 Å². The van der Waals surface area contributed by atoms with E-state index in [1.165, 1.54) is 42.2 Å². The summed E-state index contributed by atoms with van der Waals surface area (Å²) in [6.07, 6.45) is 3.57. The maximum Gasteiger partial charge on any atom is 0.293 e. The van der Waals surface area contributed by atoms with E-state index in [1.54, 1.807) is 29.8 Å². The van der Waals surface area contributed by atoms with Crippen molar-refractivity contribution in [1.29, 1.82) is 0 Å². The minimum absolute atomic E-state index is 0.156. The molecule has 0 radical (unpaired) electrons. The van der Waals surface area contributed by atoms with Gasteiger partial charge in [0.1, 0.15) is 11.6 Å². The van der Waals surface area contributed by atoms with Crippen LogP contribution in [0.5, 0.6) is 0 Å². The molecule has 3 heterocycles. The monoisotopic (exact) mass is 471 g/mol. The number of nitrogens with one attached hydrogen (secondary N) is 2. The largest absolute Gasteiger partial charge is 0.455 e. The standard InChI is InChI=1S/C21H18FN5O3S2/c1-12(28)24-13-3-5-15(16(22)9-13)17-11-31-20(25-17)26-19(29)18-6-4-14(30-18)10-32-21-23-7-8-27(21)2/h3-9,11H,10H2,1-2H3,(H,24,28)(H,25,26,29). The summed E-state index contributed by atoms with van der Waals surface area (Å²) < 4.78 is 22.0. The van der Waals surface area contributed by atoms with Crippen molar-refractivity contribution in [3.05, 3.63) is 65.4 Å². The van der Waals surface area contributed by atoms with E-state index in [-0.39, 0.29) is 17.2 Å². The fourth-order valence-corrected chi connectivity index (χ4v) is 4.35. The SMILES string of the molecule is CC(=O)Nc1ccc(-c2csc(NC(=O)c3ccc(CSc4nccn4C)o3)n2)c(F)c1.